The SMILES string of the molecule is Fc1cc(Cl)ccc1Cc1cccc2nc3n(c12)CCNC3. The molecule has 0 saturated carbocycles. The zero-order valence-electron chi connectivity index (χ0n) is 11.9. The standard InChI is InChI=1S/C17H15ClFN3/c18-13-5-4-11(14(19)9-13)8-12-2-1-3-15-17(12)22-7-6-20-10-16(22)21-15/h1-5,9,20H,6-8,10H2. The Morgan fingerprint density at radius 1 is 1.23 bits per heavy atom. The summed E-state index contributed by atoms with van der Waals surface area (Å²) in [5, 5.41) is 3.75. The molecule has 0 spiro atoms. The predicted octanol–water partition coefficient (Wildman–Crippen LogP) is 3.52. The van der Waals surface area contributed by atoms with Gasteiger partial charge in [0.2, 0.25) is 0 Å². The van der Waals surface area contributed by atoms with E-state index in [0.717, 1.165) is 42.1 Å². The first-order valence-electron chi connectivity index (χ1n) is 7.34. The van der Waals surface area contributed by atoms with Crippen molar-refractivity contribution < 1.29 is 4.39 Å². The molecule has 4 rings (SSSR count). The van der Waals surface area contributed by atoms with Crippen LogP contribution in [0, 0.1) is 5.82 Å². The third kappa shape index (κ3) is 2.28. The predicted molar refractivity (Wildman–Crippen MR) is 85.7 cm³/mol. The van der Waals surface area contributed by atoms with E-state index in [1.165, 1.54) is 6.07 Å². The molecule has 22 heavy (non-hydrogen) atoms. The molecular formula is C17H15ClFN3. The third-order valence-electron chi connectivity index (χ3n) is 4.12. The van der Waals surface area contributed by atoms with E-state index in [1.54, 1.807) is 12.1 Å². The number of imidazole rings is 1. The maximum Gasteiger partial charge on any atom is 0.128 e. The zero-order chi connectivity index (χ0) is 15.1. The Hall–Kier alpha value is -1.91. The number of benzene rings is 2. The lowest BCUT2D eigenvalue weighted by atomic mass is 10.0. The summed E-state index contributed by atoms with van der Waals surface area (Å²) in [4.78, 5) is 4.68. The highest BCUT2D eigenvalue weighted by molar-refractivity contribution is 6.30. The Kier molecular flexibility index (Phi) is 3.36. The lowest BCUT2D eigenvalue weighted by molar-refractivity contribution is 0.514. The number of hydrogen-bond donors (Lipinski definition) is 1. The molecule has 2 aromatic carbocycles. The molecule has 5 heteroatoms. The van der Waals surface area contributed by atoms with Crippen LogP contribution < -0.4 is 5.32 Å². The summed E-state index contributed by atoms with van der Waals surface area (Å²) < 4.78 is 16.3. The summed E-state index contributed by atoms with van der Waals surface area (Å²) >= 11 is 5.83. The van der Waals surface area contributed by atoms with Crippen LogP contribution >= 0.6 is 11.6 Å². The lowest BCUT2D eigenvalue weighted by Crippen LogP contribution is -2.28. The molecule has 0 bridgehead atoms. The van der Waals surface area contributed by atoms with E-state index in [1.807, 2.05) is 18.2 Å². The molecule has 1 aromatic heterocycles. The second-order valence-corrected chi connectivity index (χ2v) is 5.99. The Morgan fingerprint density at radius 2 is 2.14 bits per heavy atom. The number of hydrogen-bond acceptors (Lipinski definition) is 2. The Bertz CT molecular complexity index is 856. The molecule has 0 atom stereocenters. The van der Waals surface area contributed by atoms with Gasteiger partial charge in [0.1, 0.15) is 11.6 Å². The van der Waals surface area contributed by atoms with E-state index in [0.29, 0.717) is 17.0 Å². The summed E-state index contributed by atoms with van der Waals surface area (Å²) in [6.07, 6.45) is 0.541. The first-order chi connectivity index (χ1) is 10.7. The van der Waals surface area contributed by atoms with E-state index in [4.69, 9.17) is 11.6 Å². The van der Waals surface area contributed by atoms with Crippen LogP contribution in [0.1, 0.15) is 17.0 Å². The van der Waals surface area contributed by atoms with Gasteiger partial charge in [-0.3, -0.25) is 0 Å². The maximum atomic E-state index is 14.1. The van der Waals surface area contributed by atoms with Crippen molar-refractivity contribution in [1.82, 2.24) is 14.9 Å². The van der Waals surface area contributed by atoms with E-state index < -0.39 is 0 Å². The van der Waals surface area contributed by atoms with Gasteiger partial charge in [-0.25, -0.2) is 9.37 Å². The van der Waals surface area contributed by atoms with Crippen LogP contribution in [-0.2, 0) is 19.5 Å². The molecule has 1 aliphatic rings. The number of nitrogens with one attached hydrogen (secondary N) is 1. The minimum absolute atomic E-state index is 0.260. The lowest BCUT2D eigenvalue weighted by Gasteiger charge is -2.17. The molecule has 0 unspecified atom stereocenters. The van der Waals surface area contributed by atoms with Crippen molar-refractivity contribution in [2.24, 2.45) is 0 Å². The molecule has 112 valence electrons. The second-order valence-electron chi connectivity index (χ2n) is 5.55. The molecule has 2 heterocycles. The van der Waals surface area contributed by atoms with E-state index >= 15 is 0 Å². The van der Waals surface area contributed by atoms with Crippen molar-refractivity contribution in [1.29, 1.82) is 0 Å². The minimum atomic E-state index is -0.260. The highest BCUT2D eigenvalue weighted by Gasteiger charge is 2.17. The summed E-state index contributed by atoms with van der Waals surface area (Å²) in [6.45, 7) is 2.61. The van der Waals surface area contributed by atoms with Gasteiger partial charge in [-0.05, 0) is 29.3 Å². The van der Waals surface area contributed by atoms with Crippen LogP contribution in [-0.4, -0.2) is 16.1 Å². The summed E-state index contributed by atoms with van der Waals surface area (Å²) in [5.74, 6) is 0.787. The molecular weight excluding hydrogens is 301 g/mol. The smallest absolute Gasteiger partial charge is 0.128 e. The highest BCUT2D eigenvalue weighted by Crippen LogP contribution is 2.25. The van der Waals surface area contributed by atoms with Crippen molar-refractivity contribution in [3.63, 3.8) is 0 Å². The fourth-order valence-electron chi connectivity index (χ4n) is 3.09. The molecule has 3 aromatic rings. The van der Waals surface area contributed by atoms with Gasteiger partial charge < -0.3 is 9.88 Å². The van der Waals surface area contributed by atoms with Gasteiger partial charge >= 0.3 is 0 Å². The first kappa shape index (κ1) is 13.7. The van der Waals surface area contributed by atoms with E-state index in [2.05, 4.69) is 14.9 Å². The van der Waals surface area contributed by atoms with Crippen molar-refractivity contribution in [3.05, 3.63) is 64.2 Å². The molecule has 3 nitrogen and oxygen atoms in total. The van der Waals surface area contributed by atoms with Gasteiger partial charge in [0.25, 0.3) is 0 Å². The van der Waals surface area contributed by atoms with Crippen LogP contribution in [0.2, 0.25) is 5.02 Å². The highest BCUT2D eigenvalue weighted by atomic mass is 35.5. The molecule has 0 amide bonds. The van der Waals surface area contributed by atoms with Gasteiger partial charge in [-0.15, -0.1) is 0 Å². The monoisotopic (exact) mass is 315 g/mol. The maximum absolute atomic E-state index is 14.1. The van der Waals surface area contributed by atoms with E-state index in [9.17, 15) is 4.39 Å². The number of halogens is 2. The Balaban J connectivity index is 1.83. The number of rotatable bonds is 2. The van der Waals surface area contributed by atoms with Gasteiger partial charge in [0, 0.05) is 24.5 Å². The zero-order valence-corrected chi connectivity index (χ0v) is 12.7. The van der Waals surface area contributed by atoms with Crippen molar-refractivity contribution in [2.45, 2.75) is 19.5 Å². The topological polar surface area (TPSA) is 29.9 Å². The fourth-order valence-corrected chi connectivity index (χ4v) is 3.25. The van der Waals surface area contributed by atoms with Crippen LogP contribution in [0.5, 0.6) is 0 Å². The molecule has 1 N–H and O–H groups in total. The third-order valence-corrected chi connectivity index (χ3v) is 4.36. The van der Waals surface area contributed by atoms with Crippen LogP contribution in [0.3, 0.4) is 0 Å². The Labute approximate surface area is 132 Å². The van der Waals surface area contributed by atoms with Crippen LogP contribution in [0.15, 0.2) is 36.4 Å². The molecule has 1 aliphatic heterocycles. The number of para-hydroxylation sites is 1. The van der Waals surface area contributed by atoms with Gasteiger partial charge in [-0.2, -0.15) is 0 Å². The second kappa shape index (κ2) is 5.38. The number of fused-ring (bicyclic) bond motifs is 3. The summed E-state index contributed by atoms with van der Waals surface area (Å²) in [7, 11) is 0. The summed E-state index contributed by atoms with van der Waals surface area (Å²) in [6, 6.07) is 10.9. The van der Waals surface area contributed by atoms with Crippen LogP contribution in [0.4, 0.5) is 4.39 Å². The molecule has 0 saturated heterocycles. The minimum Gasteiger partial charge on any atom is -0.325 e. The first-order valence-corrected chi connectivity index (χ1v) is 7.72. The number of nitrogens with zero attached hydrogens (tertiary/aromatic N) is 2. The quantitative estimate of drug-likeness (QED) is 0.784. The molecule has 0 radical (unpaired) electrons. The largest absolute Gasteiger partial charge is 0.325 e. The Morgan fingerprint density at radius 3 is 3.00 bits per heavy atom. The van der Waals surface area contributed by atoms with Gasteiger partial charge in [0.15, 0.2) is 0 Å². The van der Waals surface area contributed by atoms with Crippen molar-refractivity contribution >= 4 is 22.6 Å². The fraction of sp³-hybridized carbons (Fsp3) is 0.235. The van der Waals surface area contributed by atoms with Crippen molar-refractivity contribution in [2.75, 3.05) is 6.54 Å². The van der Waals surface area contributed by atoms with Gasteiger partial charge in [-0.1, -0.05) is 29.8 Å². The average molecular weight is 316 g/mol. The van der Waals surface area contributed by atoms with Crippen molar-refractivity contribution in [3.8, 4) is 0 Å². The number of aromatic nitrogens is 2. The van der Waals surface area contributed by atoms with Gasteiger partial charge in [0.05, 0.1) is 17.6 Å². The molecule has 0 fully saturated rings. The van der Waals surface area contributed by atoms with Crippen LogP contribution in [0.25, 0.3) is 11.0 Å². The average Bonchev–Trinajstić information content (AvgIpc) is 2.89. The normalized spacial score (nSPS) is 14.3. The molecule has 0 aliphatic carbocycles. The van der Waals surface area contributed by atoms with E-state index in [-0.39, 0.29) is 5.82 Å². The summed E-state index contributed by atoms with van der Waals surface area (Å²) in [5.41, 5.74) is 3.85.